The van der Waals surface area contributed by atoms with Gasteiger partial charge in [0.05, 0.1) is 4.47 Å². The second-order valence-electron chi connectivity index (χ2n) is 17.6. The zero-order chi connectivity index (χ0) is 57.2. The van der Waals surface area contributed by atoms with Gasteiger partial charge in [-0.05, 0) is 61.4 Å². The lowest BCUT2D eigenvalue weighted by Gasteiger charge is -2.18. The van der Waals surface area contributed by atoms with E-state index in [2.05, 4.69) is 15.9 Å². The van der Waals surface area contributed by atoms with Gasteiger partial charge in [-0.25, -0.2) is 0 Å². The summed E-state index contributed by atoms with van der Waals surface area (Å²) in [6.45, 7) is 2.88. The van der Waals surface area contributed by atoms with Crippen molar-refractivity contribution in [3.05, 3.63) is 262 Å². The standard InChI is InChI=1S/C22H22BO6.C22H21BrO4.C22H22O4/c1-25-16-28-21-12-19(26-14-17-8-4-2-5-9-17)20(13-22(21)29-23-24)27-15-18-10-6-3-7-11-18;1-24-16-27-20-13-22(26-15-18-10-6-3-7-11-18)21(12-19(20)23)25-14-17-8-4-2-5-9-17;1-23-17-26-20-12-13-21(24-15-18-8-4-2-5-9-18)22(14-20)25-16-19-10-6-3-7-11-19/h2-13,24H,14-16H2,1H3;2-13H,14-16H2,1H3;2-14H,15-17H2,1H3. The Hall–Kier alpha value is -8.64. The van der Waals surface area contributed by atoms with Gasteiger partial charge in [-0.1, -0.05) is 182 Å². The molecule has 82 heavy (non-hydrogen) atoms. The number of methoxy groups -OCH3 is 3. The Kier molecular flexibility index (Phi) is 26.2. The van der Waals surface area contributed by atoms with Crippen LogP contribution < -0.4 is 47.3 Å². The monoisotopic (exact) mass is 1170 g/mol. The second-order valence-corrected chi connectivity index (χ2v) is 18.5. The molecule has 0 amide bonds. The summed E-state index contributed by atoms with van der Waals surface area (Å²) in [5, 5.41) is 9.08. The highest BCUT2D eigenvalue weighted by atomic mass is 79.9. The predicted octanol–water partition coefficient (Wildman–Crippen LogP) is 14.1. The van der Waals surface area contributed by atoms with E-state index in [0.29, 0.717) is 99.1 Å². The first-order chi connectivity index (χ1) is 40.4. The van der Waals surface area contributed by atoms with Crippen LogP contribution in [-0.4, -0.2) is 54.4 Å². The minimum absolute atomic E-state index is 0.0180. The Balaban J connectivity index is 0.000000177. The van der Waals surface area contributed by atoms with E-state index in [1.165, 1.54) is 7.11 Å². The molecule has 0 bridgehead atoms. The van der Waals surface area contributed by atoms with Gasteiger partial charge in [-0.15, -0.1) is 0 Å². The molecule has 0 spiro atoms. The first kappa shape index (κ1) is 61.0. The predicted molar refractivity (Wildman–Crippen MR) is 318 cm³/mol. The van der Waals surface area contributed by atoms with Crippen LogP contribution in [0.2, 0.25) is 0 Å². The highest BCUT2D eigenvalue weighted by Gasteiger charge is 2.17. The van der Waals surface area contributed by atoms with Crippen molar-refractivity contribution in [3.8, 4) is 57.5 Å². The molecule has 0 aromatic heterocycles. The molecule has 0 heterocycles. The molecule has 0 saturated carbocycles. The molecular formula is C66H65BBrO14. The van der Waals surface area contributed by atoms with Crippen LogP contribution in [0.5, 0.6) is 57.5 Å². The van der Waals surface area contributed by atoms with Crippen LogP contribution in [-0.2, 0) is 53.9 Å². The zero-order valence-corrected chi connectivity index (χ0v) is 47.5. The number of hydrogen-bond acceptors (Lipinski definition) is 14. The van der Waals surface area contributed by atoms with Gasteiger partial charge in [0.2, 0.25) is 0 Å². The highest BCUT2D eigenvalue weighted by molar-refractivity contribution is 9.10. The fourth-order valence-electron chi connectivity index (χ4n) is 7.46. The van der Waals surface area contributed by atoms with Crippen LogP contribution in [0.3, 0.4) is 0 Å². The Morgan fingerprint density at radius 3 is 0.927 bits per heavy atom. The smallest absolute Gasteiger partial charge is 0.535 e. The van der Waals surface area contributed by atoms with Crippen molar-refractivity contribution in [2.75, 3.05) is 41.7 Å². The third-order valence-electron chi connectivity index (χ3n) is 11.5. The maximum atomic E-state index is 9.08. The molecule has 9 aromatic rings. The lowest BCUT2D eigenvalue weighted by atomic mass is 10.2. The third kappa shape index (κ3) is 21.1. The molecule has 9 aromatic carbocycles. The summed E-state index contributed by atoms with van der Waals surface area (Å²) in [4.78, 5) is 0. The van der Waals surface area contributed by atoms with Crippen LogP contribution in [0.4, 0.5) is 0 Å². The number of ether oxygens (including phenoxy) is 12. The normalized spacial score (nSPS) is 10.4. The Morgan fingerprint density at radius 1 is 0.293 bits per heavy atom. The molecule has 0 atom stereocenters. The molecule has 0 unspecified atom stereocenters. The summed E-state index contributed by atoms with van der Waals surface area (Å²) in [7, 11) is 5.27. The number of benzene rings is 9. The molecule has 16 heteroatoms. The summed E-state index contributed by atoms with van der Waals surface area (Å²) in [6.07, 6.45) is 0. The van der Waals surface area contributed by atoms with E-state index >= 15 is 0 Å². The van der Waals surface area contributed by atoms with Crippen molar-refractivity contribution in [1.82, 2.24) is 0 Å². The topological polar surface area (TPSA) is 140 Å². The van der Waals surface area contributed by atoms with Gasteiger partial charge in [-0.3, -0.25) is 0 Å². The molecule has 9 rings (SSSR count). The molecule has 1 radical (unpaired) electrons. The first-order valence-electron chi connectivity index (χ1n) is 26.0. The third-order valence-corrected chi connectivity index (χ3v) is 12.2. The minimum atomic E-state index is 0.0180. The summed E-state index contributed by atoms with van der Waals surface area (Å²) in [5.41, 5.74) is 6.38. The van der Waals surface area contributed by atoms with Gasteiger partial charge >= 0.3 is 7.69 Å². The average Bonchev–Trinajstić information content (AvgIpc) is 3.53. The largest absolute Gasteiger partial charge is 0.569 e. The molecule has 0 fully saturated rings. The average molecular weight is 1170 g/mol. The van der Waals surface area contributed by atoms with Crippen LogP contribution in [0.1, 0.15) is 33.4 Å². The number of rotatable bonds is 29. The van der Waals surface area contributed by atoms with Gasteiger partial charge in [0, 0.05) is 51.7 Å². The number of hydrogen-bond donors (Lipinski definition) is 1. The summed E-state index contributed by atoms with van der Waals surface area (Å²) in [5.74, 6) is 5.46. The van der Waals surface area contributed by atoms with Crippen molar-refractivity contribution in [2.45, 2.75) is 39.6 Å². The van der Waals surface area contributed by atoms with E-state index in [-0.39, 0.29) is 26.1 Å². The molecule has 1 N–H and O–H groups in total. The van der Waals surface area contributed by atoms with E-state index in [1.807, 2.05) is 212 Å². The van der Waals surface area contributed by atoms with Crippen LogP contribution in [0, 0.1) is 0 Å². The molecule has 14 nitrogen and oxygen atoms in total. The van der Waals surface area contributed by atoms with Crippen molar-refractivity contribution >= 4 is 23.6 Å². The van der Waals surface area contributed by atoms with Crippen molar-refractivity contribution < 1.29 is 66.5 Å². The zero-order valence-electron chi connectivity index (χ0n) is 45.9. The Bertz CT molecular complexity index is 3190. The van der Waals surface area contributed by atoms with E-state index in [4.69, 9.17) is 66.5 Å². The lowest BCUT2D eigenvalue weighted by Crippen LogP contribution is -2.07. The van der Waals surface area contributed by atoms with E-state index in [9.17, 15) is 0 Å². The molecular weight excluding hydrogens is 1110 g/mol. The van der Waals surface area contributed by atoms with E-state index in [0.717, 1.165) is 37.9 Å². The van der Waals surface area contributed by atoms with Crippen LogP contribution in [0.15, 0.2) is 229 Å². The van der Waals surface area contributed by atoms with E-state index < -0.39 is 0 Å². The summed E-state index contributed by atoms with van der Waals surface area (Å²) < 4.78 is 73.4. The molecule has 0 aliphatic heterocycles. The Labute approximate surface area is 488 Å². The minimum Gasteiger partial charge on any atom is -0.535 e. The molecule has 0 saturated heterocycles. The molecule has 423 valence electrons. The fourth-order valence-corrected chi connectivity index (χ4v) is 7.89. The number of halogens is 1. The van der Waals surface area contributed by atoms with Crippen molar-refractivity contribution in [3.63, 3.8) is 0 Å². The fraction of sp³-hybridized carbons (Fsp3) is 0.182. The van der Waals surface area contributed by atoms with Gasteiger partial charge in [0.25, 0.3) is 0 Å². The van der Waals surface area contributed by atoms with Crippen LogP contribution >= 0.6 is 15.9 Å². The second kappa shape index (κ2) is 35.2. The molecule has 0 aliphatic rings. The SMILES string of the molecule is COCOc1cc(OCc2ccccc2)c(OCc2ccccc2)cc1Br.COCOc1cc(OCc2ccccc2)c(OCc2ccccc2)cc1O[B]O.COCOc1ccc(OCc2ccccc2)c(OCc2ccccc2)c1. The van der Waals surface area contributed by atoms with Gasteiger partial charge in [0.1, 0.15) is 56.9 Å². The summed E-state index contributed by atoms with van der Waals surface area (Å²) in [6, 6.07) is 72.1. The quantitative estimate of drug-likeness (QED) is 0.0351. The Morgan fingerprint density at radius 2 is 0.573 bits per heavy atom. The lowest BCUT2D eigenvalue weighted by molar-refractivity contribution is 0.0494. The van der Waals surface area contributed by atoms with Crippen molar-refractivity contribution in [1.29, 1.82) is 0 Å². The first-order valence-corrected chi connectivity index (χ1v) is 26.8. The van der Waals surface area contributed by atoms with Gasteiger partial charge < -0.3 is 66.5 Å². The molecule has 0 aliphatic carbocycles. The van der Waals surface area contributed by atoms with Crippen LogP contribution in [0.25, 0.3) is 0 Å². The highest BCUT2D eigenvalue weighted by Crippen LogP contribution is 2.41. The van der Waals surface area contributed by atoms with Gasteiger partial charge in [-0.2, -0.15) is 0 Å². The summed E-state index contributed by atoms with van der Waals surface area (Å²) >= 11 is 3.52. The van der Waals surface area contributed by atoms with E-state index in [1.54, 1.807) is 26.4 Å². The van der Waals surface area contributed by atoms with Crippen molar-refractivity contribution in [2.24, 2.45) is 0 Å². The van der Waals surface area contributed by atoms with Gasteiger partial charge in [0.15, 0.2) is 60.6 Å². The maximum Gasteiger partial charge on any atom is 0.569 e. The maximum absolute atomic E-state index is 9.08.